The highest BCUT2D eigenvalue weighted by molar-refractivity contribution is 7.92. The van der Waals surface area contributed by atoms with Crippen LogP contribution in [0.4, 0.5) is 11.4 Å². The van der Waals surface area contributed by atoms with Crippen LogP contribution >= 0.6 is 0 Å². The third kappa shape index (κ3) is 4.81. The Hall–Kier alpha value is -3.91. The fourth-order valence-electron chi connectivity index (χ4n) is 3.00. The number of benzene rings is 3. The van der Waals surface area contributed by atoms with E-state index in [0.29, 0.717) is 16.9 Å². The molecule has 0 unspecified atom stereocenters. The lowest BCUT2D eigenvalue weighted by Gasteiger charge is -2.11. The normalized spacial score (nSPS) is 11.1. The summed E-state index contributed by atoms with van der Waals surface area (Å²) in [5, 5.41) is 7.04. The molecule has 1 heterocycles. The monoisotopic (exact) mass is 432 g/mol. The van der Waals surface area contributed by atoms with E-state index in [1.54, 1.807) is 65.5 Å². The van der Waals surface area contributed by atoms with Gasteiger partial charge in [0.2, 0.25) is 0 Å². The van der Waals surface area contributed by atoms with Crippen molar-refractivity contribution in [2.45, 2.75) is 11.8 Å². The molecule has 1 aromatic heterocycles. The number of aromatic nitrogens is 2. The van der Waals surface area contributed by atoms with E-state index in [4.69, 9.17) is 0 Å². The van der Waals surface area contributed by atoms with E-state index < -0.39 is 10.0 Å². The lowest BCUT2D eigenvalue weighted by Crippen LogP contribution is -2.14. The van der Waals surface area contributed by atoms with Crippen LogP contribution in [0.25, 0.3) is 5.69 Å². The molecular weight excluding hydrogens is 412 g/mol. The number of hydrogen-bond acceptors (Lipinski definition) is 4. The molecule has 0 aliphatic carbocycles. The number of nitrogens with one attached hydrogen (secondary N) is 2. The molecule has 0 radical (unpaired) electrons. The van der Waals surface area contributed by atoms with Gasteiger partial charge in [0.25, 0.3) is 15.9 Å². The van der Waals surface area contributed by atoms with Crippen molar-refractivity contribution in [2.24, 2.45) is 0 Å². The summed E-state index contributed by atoms with van der Waals surface area (Å²) in [6.07, 6.45) is 3.66. The molecule has 156 valence electrons. The molecule has 0 bridgehead atoms. The second-order valence-corrected chi connectivity index (χ2v) is 8.65. The van der Waals surface area contributed by atoms with Gasteiger partial charge in [0.1, 0.15) is 0 Å². The second-order valence-electron chi connectivity index (χ2n) is 6.96. The van der Waals surface area contributed by atoms with Crippen molar-refractivity contribution < 1.29 is 13.2 Å². The van der Waals surface area contributed by atoms with Crippen LogP contribution in [-0.4, -0.2) is 24.1 Å². The molecule has 0 atom stereocenters. The molecule has 0 fully saturated rings. The number of hydrogen-bond donors (Lipinski definition) is 2. The standard InChI is InChI=1S/C23H20N4O3S/c1-17-15-24-27(16-17)21-12-10-18(11-13-21)23(28)25-19-6-5-7-20(14-19)26-31(29,30)22-8-3-2-4-9-22/h2-16,26H,1H3,(H,25,28). The Bertz CT molecular complexity index is 1310. The van der Waals surface area contributed by atoms with E-state index in [1.807, 2.05) is 25.3 Å². The minimum atomic E-state index is -3.71. The van der Waals surface area contributed by atoms with Gasteiger partial charge in [0, 0.05) is 17.4 Å². The zero-order valence-corrected chi connectivity index (χ0v) is 17.5. The summed E-state index contributed by atoms with van der Waals surface area (Å²) >= 11 is 0. The number of sulfonamides is 1. The summed E-state index contributed by atoms with van der Waals surface area (Å²) in [5.41, 5.74) is 3.20. The summed E-state index contributed by atoms with van der Waals surface area (Å²) < 4.78 is 29.3. The van der Waals surface area contributed by atoms with Crippen molar-refractivity contribution >= 4 is 27.3 Å². The fraction of sp³-hybridized carbons (Fsp3) is 0.0435. The van der Waals surface area contributed by atoms with Crippen molar-refractivity contribution in [3.63, 3.8) is 0 Å². The maximum atomic E-state index is 12.6. The average molecular weight is 433 g/mol. The Kier molecular flexibility index (Phi) is 5.55. The molecule has 0 aliphatic heterocycles. The topological polar surface area (TPSA) is 93.1 Å². The SMILES string of the molecule is Cc1cnn(-c2ccc(C(=O)Nc3cccc(NS(=O)(=O)c4ccccc4)c3)cc2)c1. The van der Waals surface area contributed by atoms with Gasteiger partial charge in [-0.15, -0.1) is 0 Å². The molecule has 0 saturated heterocycles. The third-order valence-electron chi connectivity index (χ3n) is 4.53. The van der Waals surface area contributed by atoms with Gasteiger partial charge in [-0.2, -0.15) is 5.10 Å². The summed E-state index contributed by atoms with van der Waals surface area (Å²) in [7, 11) is -3.71. The zero-order valence-electron chi connectivity index (χ0n) is 16.7. The number of amides is 1. The summed E-state index contributed by atoms with van der Waals surface area (Å²) in [6, 6.07) is 21.7. The van der Waals surface area contributed by atoms with Gasteiger partial charge in [0.05, 0.1) is 22.5 Å². The minimum absolute atomic E-state index is 0.164. The number of anilines is 2. The van der Waals surface area contributed by atoms with Gasteiger partial charge < -0.3 is 5.32 Å². The highest BCUT2D eigenvalue weighted by atomic mass is 32.2. The molecule has 0 saturated carbocycles. The minimum Gasteiger partial charge on any atom is -0.322 e. The third-order valence-corrected chi connectivity index (χ3v) is 5.93. The number of rotatable bonds is 6. The summed E-state index contributed by atoms with van der Waals surface area (Å²) in [6.45, 7) is 1.96. The molecule has 1 amide bonds. The van der Waals surface area contributed by atoms with E-state index in [1.165, 1.54) is 12.1 Å². The lowest BCUT2D eigenvalue weighted by molar-refractivity contribution is 0.102. The Morgan fingerprint density at radius 2 is 1.61 bits per heavy atom. The van der Waals surface area contributed by atoms with Crippen molar-refractivity contribution in [1.29, 1.82) is 0 Å². The van der Waals surface area contributed by atoms with E-state index in [9.17, 15) is 13.2 Å². The van der Waals surface area contributed by atoms with Crippen molar-refractivity contribution in [3.05, 3.63) is 102 Å². The fourth-order valence-corrected chi connectivity index (χ4v) is 4.07. The van der Waals surface area contributed by atoms with Gasteiger partial charge >= 0.3 is 0 Å². The predicted octanol–water partition coefficient (Wildman–Crippen LogP) is 4.23. The van der Waals surface area contributed by atoms with Gasteiger partial charge in [-0.3, -0.25) is 9.52 Å². The molecule has 7 nitrogen and oxygen atoms in total. The zero-order chi connectivity index (χ0) is 21.8. The molecule has 2 N–H and O–H groups in total. The van der Waals surface area contributed by atoms with E-state index in [-0.39, 0.29) is 10.8 Å². The summed E-state index contributed by atoms with van der Waals surface area (Å²) in [4.78, 5) is 12.8. The lowest BCUT2D eigenvalue weighted by atomic mass is 10.2. The van der Waals surface area contributed by atoms with Crippen molar-refractivity contribution in [1.82, 2.24) is 9.78 Å². The van der Waals surface area contributed by atoms with Crippen LogP contribution in [0.2, 0.25) is 0 Å². The van der Waals surface area contributed by atoms with Crippen LogP contribution in [-0.2, 0) is 10.0 Å². The molecule has 0 aliphatic rings. The first-order valence-corrected chi connectivity index (χ1v) is 11.0. The van der Waals surface area contributed by atoms with Crippen LogP contribution in [0.15, 0.2) is 96.2 Å². The predicted molar refractivity (Wildman–Crippen MR) is 120 cm³/mol. The maximum absolute atomic E-state index is 12.6. The first kappa shape index (κ1) is 20.4. The van der Waals surface area contributed by atoms with Crippen LogP contribution < -0.4 is 10.0 Å². The van der Waals surface area contributed by atoms with Crippen LogP contribution in [0.3, 0.4) is 0 Å². The van der Waals surface area contributed by atoms with Crippen molar-refractivity contribution in [3.8, 4) is 5.69 Å². The highest BCUT2D eigenvalue weighted by Crippen LogP contribution is 2.20. The molecule has 3 aromatic carbocycles. The van der Waals surface area contributed by atoms with Crippen LogP contribution in [0.5, 0.6) is 0 Å². The van der Waals surface area contributed by atoms with Crippen LogP contribution in [0, 0.1) is 6.92 Å². The average Bonchev–Trinajstić information content (AvgIpc) is 3.21. The molecule has 4 aromatic rings. The number of aryl methyl sites for hydroxylation is 1. The molecule has 31 heavy (non-hydrogen) atoms. The van der Waals surface area contributed by atoms with Gasteiger partial charge in [-0.25, -0.2) is 13.1 Å². The smallest absolute Gasteiger partial charge is 0.261 e. The second kappa shape index (κ2) is 8.45. The number of carbonyl (C=O) groups is 1. The van der Waals surface area contributed by atoms with Crippen LogP contribution in [0.1, 0.15) is 15.9 Å². The van der Waals surface area contributed by atoms with Gasteiger partial charge in [0.15, 0.2) is 0 Å². The van der Waals surface area contributed by atoms with E-state index in [2.05, 4.69) is 15.1 Å². The molecule has 0 spiro atoms. The molecule has 8 heteroatoms. The van der Waals surface area contributed by atoms with Gasteiger partial charge in [-0.1, -0.05) is 24.3 Å². The Labute approximate surface area is 180 Å². The number of nitrogens with zero attached hydrogens (tertiary/aromatic N) is 2. The molecule has 4 rings (SSSR count). The first-order valence-electron chi connectivity index (χ1n) is 9.52. The maximum Gasteiger partial charge on any atom is 0.261 e. The largest absolute Gasteiger partial charge is 0.322 e. The van der Waals surface area contributed by atoms with E-state index >= 15 is 0 Å². The summed E-state index contributed by atoms with van der Waals surface area (Å²) in [5.74, 6) is -0.300. The van der Waals surface area contributed by atoms with Gasteiger partial charge in [-0.05, 0) is 67.1 Å². The van der Waals surface area contributed by atoms with Crippen molar-refractivity contribution in [2.75, 3.05) is 10.0 Å². The highest BCUT2D eigenvalue weighted by Gasteiger charge is 2.14. The first-order chi connectivity index (χ1) is 14.9. The van der Waals surface area contributed by atoms with E-state index in [0.717, 1.165) is 11.3 Å². The Morgan fingerprint density at radius 1 is 0.903 bits per heavy atom. The Balaban J connectivity index is 1.47. The number of carbonyl (C=O) groups excluding carboxylic acids is 1. The molecular formula is C23H20N4O3S. The quantitative estimate of drug-likeness (QED) is 0.477. The Morgan fingerprint density at radius 3 is 2.29 bits per heavy atom.